The summed E-state index contributed by atoms with van der Waals surface area (Å²) in [6.07, 6.45) is 4.38. The Morgan fingerprint density at radius 2 is 2.07 bits per heavy atom. The SMILES string of the molecule is CC.Cc1cc2nc(NC(C)c3cccnc3)nc(C(=O)NC3CC(O)C3)c2s1. The highest BCUT2D eigenvalue weighted by molar-refractivity contribution is 7.19. The fourth-order valence-electron chi connectivity index (χ4n) is 3.14. The average molecular weight is 414 g/mol. The Balaban J connectivity index is 0.00000117. The summed E-state index contributed by atoms with van der Waals surface area (Å²) in [6, 6.07) is 5.78. The summed E-state index contributed by atoms with van der Waals surface area (Å²) in [6.45, 7) is 7.99. The van der Waals surface area contributed by atoms with Gasteiger partial charge in [-0.1, -0.05) is 19.9 Å². The predicted molar refractivity (Wildman–Crippen MR) is 116 cm³/mol. The van der Waals surface area contributed by atoms with Gasteiger partial charge < -0.3 is 15.7 Å². The summed E-state index contributed by atoms with van der Waals surface area (Å²) in [5.74, 6) is 0.189. The van der Waals surface area contributed by atoms with Gasteiger partial charge in [0.2, 0.25) is 5.95 Å². The molecule has 4 rings (SSSR count). The minimum Gasteiger partial charge on any atom is -0.393 e. The number of amides is 1. The Kier molecular flexibility index (Phi) is 6.76. The molecule has 0 bridgehead atoms. The van der Waals surface area contributed by atoms with E-state index >= 15 is 0 Å². The van der Waals surface area contributed by atoms with Crippen LogP contribution in [-0.2, 0) is 0 Å². The zero-order chi connectivity index (χ0) is 21.0. The highest BCUT2D eigenvalue weighted by atomic mass is 32.1. The van der Waals surface area contributed by atoms with Crippen LogP contribution < -0.4 is 10.6 Å². The molecule has 1 saturated carbocycles. The van der Waals surface area contributed by atoms with Crippen LogP contribution in [0.15, 0.2) is 30.6 Å². The Bertz CT molecular complexity index is 970. The number of fused-ring (bicyclic) bond motifs is 1. The zero-order valence-electron chi connectivity index (χ0n) is 17.1. The van der Waals surface area contributed by atoms with E-state index < -0.39 is 0 Å². The summed E-state index contributed by atoms with van der Waals surface area (Å²) in [5.41, 5.74) is 2.14. The summed E-state index contributed by atoms with van der Waals surface area (Å²) in [7, 11) is 0. The van der Waals surface area contributed by atoms with Crippen LogP contribution in [-0.4, -0.2) is 38.1 Å². The normalized spacial score (nSPS) is 18.9. The van der Waals surface area contributed by atoms with Crippen molar-refractivity contribution in [1.29, 1.82) is 0 Å². The van der Waals surface area contributed by atoms with Gasteiger partial charge in [0.1, 0.15) is 0 Å². The second-order valence-corrected chi connectivity index (χ2v) is 8.17. The molecule has 1 unspecified atom stereocenters. The van der Waals surface area contributed by atoms with Gasteiger partial charge in [-0.15, -0.1) is 11.3 Å². The van der Waals surface area contributed by atoms with Crippen molar-refractivity contribution in [3.8, 4) is 0 Å². The van der Waals surface area contributed by atoms with E-state index in [1.54, 1.807) is 12.4 Å². The first kappa shape index (κ1) is 21.1. The van der Waals surface area contributed by atoms with Crippen molar-refractivity contribution in [3.05, 3.63) is 46.7 Å². The number of rotatable bonds is 5. The maximum absolute atomic E-state index is 12.8. The average Bonchev–Trinajstić information content (AvgIpc) is 3.08. The van der Waals surface area contributed by atoms with Crippen LogP contribution in [0.3, 0.4) is 0 Å². The number of hydrogen-bond donors (Lipinski definition) is 3. The predicted octanol–water partition coefficient (Wildman–Crippen LogP) is 3.85. The third-order valence-corrected chi connectivity index (χ3v) is 5.73. The Labute approximate surface area is 174 Å². The molecular weight excluding hydrogens is 386 g/mol. The van der Waals surface area contributed by atoms with Crippen molar-refractivity contribution in [1.82, 2.24) is 20.3 Å². The smallest absolute Gasteiger partial charge is 0.271 e. The van der Waals surface area contributed by atoms with Crippen molar-refractivity contribution in [3.63, 3.8) is 0 Å². The van der Waals surface area contributed by atoms with Crippen LogP contribution in [0.4, 0.5) is 5.95 Å². The molecule has 0 aliphatic heterocycles. The fraction of sp³-hybridized carbons (Fsp3) is 0.429. The van der Waals surface area contributed by atoms with Crippen molar-refractivity contribution in [2.24, 2.45) is 0 Å². The van der Waals surface area contributed by atoms with E-state index in [9.17, 15) is 9.90 Å². The van der Waals surface area contributed by atoms with Crippen LogP contribution in [0.5, 0.6) is 0 Å². The summed E-state index contributed by atoms with van der Waals surface area (Å²) in [5, 5.41) is 15.7. The number of aryl methyl sites for hydroxylation is 1. The van der Waals surface area contributed by atoms with E-state index in [-0.39, 0.29) is 24.1 Å². The first-order valence-corrected chi connectivity index (χ1v) is 10.7. The molecule has 3 heterocycles. The molecule has 3 aromatic rings. The fourth-order valence-corrected chi connectivity index (χ4v) is 4.07. The molecule has 0 spiro atoms. The first-order chi connectivity index (χ1) is 14.0. The highest BCUT2D eigenvalue weighted by Crippen LogP contribution is 2.29. The van der Waals surface area contributed by atoms with Gasteiger partial charge in [-0.3, -0.25) is 9.78 Å². The molecule has 1 amide bonds. The number of nitrogens with one attached hydrogen (secondary N) is 2. The lowest BCUT2D eigenvalue weighted by atomic mass is 9.89. The van der Waals surface area contributed by atoms with Gasteiger partial charge in [0.25, 0.3) is 5.91 Å². The number of pyridine rings is 1. The van der Waals surface area contributed by atoms with Gasteiger partial charge in [0.05, 0.1) is 22.4 Å². The monoisotopic (exact) mass is 413 g/mol. The number of aromatic nitrogens is 3. The second kappa shape index (κ2) is 9.28. The standard InChI is InChI=1S/C19H21N5O2S.C2H6/c1-10-6-15-17(27-10)16(18(26)22-13-7-14(25)8-13)24-19(23-15)21-11(2)12-4-3-5-20-9-12;1-2/h3-6,9,11,13-14,25H,7-8H2,1-2H3,(H,22,26)(H,21,23,24);1-2H3. The lowest BCUT2D eigenvalue weighted by molar-refractivity contribution is 0.0561. The lowest BCUT2D eigenvalue weighted by Crippen LogP contribution is -2.47. The number of aliphatic hydroxyl groups excluding tert-OH is 1. The van der Waals surface area contributed by atoms with Crippen molar-refractivity contribution in [2.75, 3.05) is 5.32 Å². The minimum atomic E-state index is -0.317. The Morgan fingerprint density at radius 3 is 2.72 bits per heavy atom. The molecule has 154 valence electrons. The molecule has 1 fully saturated rings. The number of hydrogen-bond acceptors (Lipinski definition) is 7. The second-order valence-electron chi connectivity index (χ2n) is 6.92. The van der Waals surface area contributed by atoms with E-state index in [1.807, 2.05) is 45.9 Å². The Hall–Kier alpha value is -2.58. The summed E-state index contributed by atoms with van der Waals surface area (Å²) < 4.78 is 0.782. The van der Waals surface area contributed by atoms with Gasteiger partial charge in [-0.2, -0.15) is 0 Å². The summed E-state index contributed by atoms with van der Waals surface area (Å²) in [4.78, 5) is 27.1. The minimum absolute atomic E-state index is 0.00398. The number of thiophene rings is 1. The number of anilines is 1. The van der Waals surface area contributed by atoms with Gasteiger partial charge in [0.15, 0.2) is 5.69 Å². The molecule has 3 aromatic heterocycles. The molecule has 0 aromatic carbocycles. The third kappa shape index (κ3) is 4.89. The Morgan fingerprint density at radius 1 is 1.31 bits per heavy atom. The number of nitrogens with zero attached hydrogens (tertiary/aromatic N) is 3. The highest BCUT2D eigenvalue weighted by Gasteiger charge is 2.30. The number of carbonyl (C=O) groups is 1. The van der Waals surface area contributed by atoms with Gasteiger partial charge in [0, 0.05) is 23.3 Å². The maximum atomic E-state index is 12.8. The van der Waals surface area contributed by atoms with Crippen LogP contribution in [0.25, 0.3) is 10.2 Å². The summed E-state index contributed by atoms with van der Waals surface area (Å²) >= 11 is 1.51. The molecule has 7 nitrogen and oxygen atoms in total. The molecule has 1 atom stereocenters. The molecule has 3 N–H and O–H groups in total. The van der Waals surface area contributed by atoms with Crippen molar-refractivity contribution >= 4 is 33.4 Å². The van der Waals surface area contributed by atoms with Crippen LogP contribution >= 0.6 is 11.3 Å². The third-order valence-electron chi connectivity index (χ3n) is 4.69. The number of aliphatic hydroxyl groups is 1. The van der Waals surface area contributed by atoms with Crippen molar-refractivity contribution < 1.29 is 9.90 Å². The van der Waals surface area contributed by atoms with Crippen LogP contribution in [0.1, 0.15) is 60.6 Å². The molecule has 1 aliphatic carbocycles. The van der Waals surface area contributed by atoms with E-state index in [0.29, 0.717) is 24.5 Å². The largest absolute Gasteiger partial charge is 0.393 e. The topological polar surface area (TPSA) is 100 Å². The van der Waals surface area contributed by atoms with Gasteiger partial charge in [-0.25, -0.2) is 9.97 Å². The molecule has 29 heavy (non-hydrogen) atoms. The van der Waals surface area contributed by atoms with Gasteiger partial charge in [-0.05, 0) is 44.4 Å². The van der Waals surface area contributed by atoms with Crippen LogP contribution in [0, 0.1) is 6.92 Å². The van der Waals surface area contributed by atoms with E-state index in [4.69, 9.17) is 0 Å². The molecule has 0 saturated heterocycles. The lowest BCUT2D eigenvalue weighted by Gasteiger charge is -2.31. The van der Waals surface area contributed by atoms with E-state index in [2.05, 4.69) is 25.6 Å². The van der Waals surface area contributed by atoms with Crippen LogP contribution in [0.2, 0.25) is 0 Å². The molecular formula is C21H27N5O2S. The quantitative estimate of drug-likeness (QED) is 0.587. The molecule has 8 heteroatoms. The number of carbonyl (C=O) groups excluding carboxylic acids is 1. The maximum Gasteiger partial charge on any atom is 0.271 e. The van der Waals surface area contributed by atoms with E-state index in [1.165, 1.54) is 11.3 Å². The first-order valence-electron chi connectivity index (χ1n) is 9.93. The molecule has 0 radical (unpaired) electrons. The van der Waals surface area contributed by atoms with E-state index in [0.717, 1.165) is 20.7 Å². The van der Waals surface area contributed by atoms with Gasteiger partial charge >= 0.3 is 0 Å². The zero-order valence-corrected chi connectivity index (χ0v) is 18.0. The van der Waals surface area contributed by atoms with Crippen molar-refractivity contribution in [2.45, 2.75) is 58.7 Å². The molecule has 1 aliphatic rings.